The normalized spacial score (nSPS) is 14.0. The smallest absolute Gasteiger partial charge is 0.207 e. The highest BCUT2D eigenvalue weighted by atomic mass is 32.2. The Balaban J connectivity index is 1.60. The van der Waals surface area contributed by atoms with E-state index >= 15 is 0 Å². The summed E-state index contributed by atoms with van der Waals surface area (Å²) in [6.45, 7) is 4.72. The molecule has 26 heavy (non-hydrogen) atoms. The zero-order valence-corrected chi connectivity index (χ0v) is 17.3. The fraction of sp³-hybridized carbons (Fsp3) is 0.300. The highest BCUT2D eigenvalue weighted by Gasteiger charge is 2.31. The van der Waals surface area contributed by atoms with Gasteiger partial charge in [-0.05, 0) is 58.1 Å². The molecule has 0 saturated carbocycles. The molecule has 0 radical (unpaired) electrons. The topological polar surface area (TPSA) is 37.4 Å². The average molecular weight is 404 g/mol. The van der Waals surface area contributed by atoms with Crippen molar-refractivity contribution in [3.05, 3.63) is 63.8 Å². The van der Waals surface area contributed by atoms with E-state index in [0.29, 0.717) is 23.9 Å². The lowest BCUT2D eigenvalue weighted by Gasteiger charge is -2.19. The molecule has 0 unspecified atom stereocenters. The van der Waals surface area contributed by atoms with Crippen LogP contribution in [-0.4, -0.2) is 25.8 Å². The molecule has 6 heteroatoms. The van der Waals surface area contributed by atoms with Crippen LogP contribution in [0, 0.1) is 0 Å². The molecule has 0 atom stereocenters. The molecule has 0 aliphatic heterocycles. The molecule has 3 aromatic rings. The highest BCUT2D eigenvalue weighted by Crippen LogP contribution is 2.51. The third kappa shape index (κ3) is 2.85. The SMILES string of the molecule is CCN(CC)S(=O)(=O)c1ccc(CC2c3ccsc3-c3sccc32)cc1. The second-order valence-corrected chi connectivity index (χ2v) is 10.2. The van der Waals surface area contributed by atoms with E-state index in [0.717, 1.165) is 6.42 Å². The van der Waals surface area contributed by atoms with Crippen LogP contribution in [0.3, 0.4) is 0 Å². The predicted octanol–water partition coefficient (Wildman–Crippen LogP) is 5.20. The number of hydrogen-bond acceptors (Lipinski definition) is 4. The highest BCUT2D eigenvalue weighted by molar-refractivity contribution is 7.89. The van der Waals surface area contributed by atoms with Gasteiger partial charge in [-0.2, -0.15) is 4.31 Å². The first-order chi connectivity index (χ1) is 12.6. The Morgan fingerprint density at radius 3 is 1.92 bits per heavy atom. The van der Waals surface area contributed by atoms with Crippen LogP contribution < -0.4 is 0 Å². The minimum absolute atomic E-state index is 0.378. The van der Waals surface area contributed by atoms with Crippen molar-refractivity contribution in [1.82, 2.24) is 4.31 Å². The van der Waals surface area contributed by atoms with E-state index in [2.05, 4.69) is 22.9 Å². The van der Waals surface area contributed by atoms with Crippen molar-refractivity contribution >= 4 is 32.7 Å². The van der Waals surface area contributed by atoms with Gasteiger partial charge in [0.25, 0.3) is 0 Å². The Labute approximate surface area is 163 Å². The summed E-state index contributed by atoms with van der Waals surface area (Å²) in [5.41, 5.74) is 4.00. The fourth-order valence-electron chi connectivity index (χ4n) is 3.69. The number of thiophene rings is 2. The minimum atomic E-state index is -3.39. The van der Waals surface area contributed by atoms with Crippen LogP contribution in [0.2, 0.25) is 0 Å². The first kappa shape index (κ1) is 17.9. The first-order valence-electron chi connectivity index (χ1n) is 8.80. The Hall–Kier alpha value is -1.47. The van der Waals surface area contributed by atoms with Gasteiger partial charge in [-0.3, -0.25) is 0 Å². The maximum Gasteiger partial charge on any atom is 0.243 e. The molecule has 0 N–H and O–H groups in total. The van der Waals surface area contributed by atoms with Gasteiger partial charge in [0, 0.05) is 28.8 Å². The molecule has 2 aromatic heterocycles. The molecule has 0 spiro atoms. The summed E-state index contributed by atoms with van der Waals surface area (Å²) in [5, 5.41) is 4.33. The summed E-state index contributed by atoms with van der Waals surface area (Å²) in [7, 11) is -3.39. The van der Waals surface area contributed by atoms with E-state index in [1.54, 1.807) is 12.1 Å². The first-order valence-corrected chi connectivity index (χ1v) is 12.0. The Bertz CT molecular complexity index is 971. The molecule has 0 fully saturated rings. The van der Waals surface area contributed by atoms with Gasteiger partial charge < -0.3 is 0 Å². The van der Waals surface area contributed by atoms with Gasteiger partial charge in [0.15, 0.2) is 0 Å². The van der Waals surface area contributed by atoms with Crippen LogP contribution in [0.4, 0.5) is 0 Å². The number of rotatable bonds is 6. The molecule has 3 nitrogen and oxygen atoms in total. The van der Waals surface area contributed by atoms with Crippen LogP contribution in [0.25, 0.3) is 9.75 Å². The minimum Gasteiger partial charge on any atom is -0.207 e. The number of fused-ring (bicyclic) bond motifs is 3. The second-order valence-electron chi connectivity index (χ2n) is 6.40. The summed E-state index contributed by atoms with van der Waals surface area (Å²) < 4.78 is 26.8. The van der Waals surface area contributed by atoms with Gasteiger partial charge >= 0.3 is 0 Å². The molecule has 0 saturated heterocycles. The lowest BCUT2D eigenvalue weighted by atomic mass is 9.92. The van der Waals surface area contributed by atoms with Gasteiger partial charge in [0.2, 0.25) is 10.0 Å². The van der Waals surface area contributed by atoms with Crippen LogP contribution >= 0.6 is 22.7 Å². The largest absolute Gasteiger partial charge is 0.243 e. The van der Waals surface area contributed by atoms with Gasteiger partial charge in [-0.15, -0.1) is 22.7 Å². The maximum atomic E-state index is 12.6. The molecular formula is C20H21NO2S3. The monoisotopic (exact) mass is 403 g/mol. The van der Waals surface area contributed by atoms with E-state index in [-0.39, 0.29) is 0 Å². The summed E-state index contributed by atoms with van der Waals surface area (Å²) >= 11 is 3.63. The Kier molecular flexibility index (Phi) is 4.77. The van der Waals surface area contributed by atoms with E-state index in [4.69, 9.17) is 0 Å². The van der Waals surface area contributed by atoms with Crippen molar-refractivity contribution in [2.75, 3.05) is 13.1 Å². The lowest BCUT2D eigenvalue weighted by molar-refractivity contribution is 0.445. The van der Waals surface area contributed by atoms with Crippen molar-refractivity contribution < 1.29 is 8.42 Å². The van der Waals surface area contributed by atoms with Gasteiger partial charge in [-0.25, -0.2) is 8.42 Å². The molecule has 1 aliphatic carbocycles. The van der Waals surface area contributed by atoms with Crippen molar-refractivity contribution in [2.45, 2.75) is 31.1 Å². The van der Waals surface area contributed by atoms with Crippen molar-refractivity contribution in [3.63, 3.8) is 0 Å². The van der Waals surface area contributed by atoms with Gasteiger partial charge in [-0.1, -0.05) is 26.0 Å². The van der Waals surface area contributed by atoms with Crippen molar-refractivity contribution in [2.24, 2.45) is 0 Å². The number of nitrogens with zero attached hydrogens (tertiary/aromatic N) is 1. The Morgan fingerprint density at radius 1 is 0.885 bits per heavy atom. The summed E-state index contributed by atoms with van der Waals surface area (Å²) in [6, 6.07) is 11.9. The number of hydrogen-bond donors (Lipinski definition) is 0. The zero-order valence-electron chi connectivity index (χ0n) is 14.8. The third-order valence-corrected chi connectivity index (χ3v) is 9.14. The standard InChI is InChI=1S/C20H21NO2S3/c1-3-21(4-2)26(22,23)15-7-5-14(6-8-15)13-18-16-9-11-24-19(16)20-17(18)10-12-25-20/h5-12,18H,3-4,13H2,1-2H3. The number of benzene rings is 1. The molecular weight excluding hydrogens is 382 g/mol. The molecule has 0 amide bonds. The summed E-state index contributed by atoms with van der Waals surface area (Å²) in [4.78, 5) is 3.19. The van der Waals surface area contributed by atoms with Crippen LogP contribution in [-0.2, 0) is 16.4 Å². The number of sulfonamides is 1. The predicted molar refractivity (Wildman–Crippen MR) is 110 cm³/mol. The van der Waals surface area contributed by atoms with Crippen molar-refractivity contribution in [3.8, 4) is 9.75 Å². The quantitative estimate of drug-likeness (QED) is 0.568. The van der Waals surface area contributed by atoms with Gasteiger partial charge in [0.1, 0.15) is 0 Å². The van der Waals surface area contributed by atoms with E-state index < -0.39 is 10.0 Å². The van der Waals surface area contributed by atoms with E-state index in [9.17, 15) is 8.42 Å². The molecule has 136 valence electrons. The molecule has 1 aliphatic rings. The maximum absolute atomic E-state index is 12.6. The molecule has 1 aromatic carbocycles. The summed E-state index contributed by atoms with van der Waals surface area (Å²) in [5.74, 6) is 0.378. The van der Waals surface area contributed by atoms with Crippen LogP contribution in [0.1, 0.15) is 36.5 Å². The van der Waals surface area contributed by atoms with Gasteiger partial charge in [0.05, 0.1) is 4.90 Å². The van der Waals surface area contributed by atoms with Crippen LogP contribution in [0.5, 0.6) is 0 Å². The fourth-order valence-corrected chi connectivity index (χ4v) is 7.28. The van der Waals surface area contributed by atoms with Crippen LogP contribution in [0.15, 0.2) is 52.1 Å². The molecule has 2 heterocycles. The van der Waals surface area contributed by atoms with Crippen molar-refractivity contribution in [1.29, 1.82) is 0 Å². The second kappa shape index (κ2) is 6.93. The third-order valence-electron chi connectivity index (χ3n) is 5.05. The average Bonchev–Trinajstić information content (AvgIpc) is 3.33. The lowest BCUT2D eigenvalue weighted by Crippen LogP contribution is -2.30. The molecule has 0 bridgehead atoms. The Morgan fingerprint density at radius 2 is 1.42 bits per heavy atom. The summed E-state index contributed by atoms with van der Waals surface area (Å²) in [6.07, 6.45) is 0.902. The van der Waals surface area contributed by atoms with E-state index in [1.165, 1.54) is 30.7 Å². The zero-order chi connectivity index (χ0) is 18.3. The molecule has 4 rings (SSSR count). The van der Waals surface area contributed by atoms with E-state index in [1.807, 2.05) is 48.7 Å².